The van der Waals surface area contributed by atoms with Crippen LogP contribution in [0.25, 0.3) is 0 Å². The summed E-state index contributed by atoms with van der Waals surface area (Å²) in [5.41, 5.74) is 0. The molecule has 0 aromatic rings. The van der Waals surface area contributed by atoms with Gasteiger partial charge in [-0.05, 0) is 109 Å². The summed E-state index contributed by atoms with van der Waals surface area (Å²) in [6, 6.07) is 0. The molecule has 83 heavy (non-hydrogen) atoms. The topological polar surface area (TPSA) is 78.9 Å². The van der Waals surface area contributed by atoms with Gasteiger partial charge in [0.25, 0.3) is 0 Å². The quantitative estimate of drug-likeness (QED) is 0.0261. The van der Waals surface area contributed by atoms with Gasteiger partial charge in [-0.3, -0.25) is 14.4 Å². The second-order valence-corrected chi connectivity index (χ2v) is 23.0. The van der Waals surface area contributed by atoms with Crippen LogP contribution in [0.1, 0.15) is 329 Å². The molecule has 0 aliphatic heterocycles. The first-order valence-corrected chi connectivity index (χ1v) is 35.0. The highest BCUT2D eigenvalue weighted by atomic mass is 16.6. The van der Waals surface area contributed by atoms with E-state index in [1.807, 2.05) is 0 Å². The normalized spacial score (nSPS) is 12.9. The van der Waals surface area contributed by atoms with Gasteiger partial charge in [-0.2, -0.15) is 0 Å². The molecule has 6 nitrogen and oxygen atoms in total. The number of esters is 3. The van der Waals surface area contributed by atoms with Crippen LogP contribution in [0.2, 0.25) is 0 Å². The van der Waals surface area contributed by atoms with Crippen molar-refractivity contribution < 1.29 is 28.6 Å². The van der Waals surface area contributed by atoms with Crippen LogP contribution in [0.5, 0.6) is 0 Å². The SMILES string of the molecule is CC/C=C\C/C=C\C/C=C\C/C=C\C/C=C\CCCCCCCCCCCCCC(=O)OCC(COC(=O)CCCCCCCCCCCCCCCCCCCCC)OC(=O)CCCCC/C=C\C/C=C\C/C=C\C/C=C\C/C=C\CC. The lowest BCUT2D eigenvalue weighted by molar-refractivity contribution is -0.167. The number of hydrogen-bond donors (Lipinski definition) is 0. The van der Waals surface area contributed by atoms with Crippen molar-refractivity contribution in [2.75, 3.05) is 13.2 Å². The molecule has 1 unspecified atom stereocenters. The van der Waals surface area contributed by atoms with E-state index in [4.69, 9.17) is 14.2 Å². The fourth-order valence-corrected chi connectivity index (χ4v) is 9.79. The number of rotatable bonds is 63. The highest BCUT2D eigenvalue weighted by Gasteiger charge is 2.19. The Morgan fingerprint density at radius 3 is 0.747 bits per heavy atom. The second-order valence-electron chi connectivity index (χ2n) is 23.0. The van der Waals surface area contributed by atoms with Crippen LogP contribution in [0.15, 0.2) is 122 Å². The third-order valence-corrected chi connectivity index (χ3v) is 15.0. The van der Waals surface area contributed by atoms with Crippen LogP contribution in [0.4, 0.5) is 0 Å². The van der Waals surface area contributed by atoms with Crippen LogP contribution in [0, 0.1) is 0 Å². The summed E-state index contributed by atoms with van der Waals surface area (Å²) in [5, 5.41) is 0. The molecular formula is C77H130O6. The zero-order chi connectivity index (χ0) is 59.9. The maximum absolute atomic E-state index is 12.9. The smallest absolute Gasteiger partial charge is 0.306 e. The van der Waals surface area contributed by atoms with Gasteiger partial charge in [0.1, 0.15) is 13.2 Å². The monoisotopic (exact) mass is 1150 g/mol. The molecule has 1 atom stereocenters. The summed E-state index contributed by atoms with van der Waals surface area (Å²) in [6.07, 6.45) is 97.9. The van der Waals surface area contributed by atoms with Gasteiger partial charge in [0.05, 0.1) is 0 Å². The van der Waals surface area contributed by atoms with Crippen molar-refractivity contribution in [3.63, 3.8) is 0 Å². The van der Waals surface area contributed by atoms with Crippen molar-refractivity contribution in [2.24, 2.45) is 0 Å². The number of hydrogen-bond acceptors (Lipinski definition) is 6. The molecule has 0 radical (unpaired) electrons. The zero-order valence-corrected chi connectivity index (χ0v) is 54.4. The first-order chi connectivity index (χ1) is 41.0. The Kier molecular flexibility index (Phi) is 66.7. The lowest BCUT2D eigenvalue weighted by atomic mass is 10.0. The molecule has 6 heteroatoms. The standard InChI is InChI=1S/C77H130O6/c1-4-7-10-13-16-19-22-25-28-31-34-35-36-37-38-39-40-41-44-46-49-52-55-58-61-64-67-70-76(79)82-73-74(83-77(80)71-68-65-62-59-56-53-50-47-43-33-30-27-24-21-18-15-12-9-6-3)72-81-75(78)69-66-63-60-57-54-51-48-45-42-32-29-26-23-20-17-14-11-8-5-2/h7,9-10,12,16,18-19,21,25,27-28,30,34-35,37-38,43,47,53,56,74H,4-6,8,11,13-15,17,20,22-24,26,29,31-33,36,39-42,44-46,48-52,54-55,57-73H2,1-3H3/b10-7-,12-9-,19-16-,21-18-,28-25-,30-27-,35-34-,38-37-,47-43-,56-53-. The van der Waals surface area contributed by atoms with Crippen LogP contribution in [0.3, 0.4) is 0 Å². The second kappa shape index (κ2) is 70.3. The predicted molar refractivity (Wildman–Crippen MR) is 362 cm³/mol. The van der Waals surface area contributed by atoms with Gasteiger partial charge in [-0.25, -0.2) is 0 Å². The number of unbranched alkanes of at least 4 members (excludes halogenated alkanes) is 32. The minimum absolute atomic E-state index is 0.0911. The number of ether oxygens (including phenoxy) is 3. The maximum Gasteiger partial charge on any atom is 0.306 e. The molecule has 0 heterocycles. The molecule has 0 aliphatic carbocycles. The minimum atomic E-state index is -0.800. The molecule has 474 valence electrons. The van der Waals surface area contributed by atoms with Gasteiger partial charge >= 0.3 is 17.9 Å². The average Bonchev–Trinajstić information content (AvgIpc) is 3.50. The van der Waals surface area contributed by atoms with E-state index < -0.39 is 6.10 Å². The van der Waals surface area contributed by atoms with Gasteiger partial charge in [0, 0.05) is 19.3 Å². The van der Waals surface area contributed by atoms with Gasteiger partial charge < -0.3 is 14.2 Å². The number of carbonyl (C=O) groups is 3. The van der Waals surface area contributed by atoms with Crippen molar-refractivity contribution in [3.05, 3.63) is 122 Å². The van der Waals surface area contributed by atoms with Gasteiger partial charge in [0.2, 0.25) is 0 Å². The molecule has 0 aromatic heterocycles. The van der Waals surface area contributed by atoms with Crippen molar-refractivity contribution in [1.82, 2.24) is 0 Å². The Hall–Kier alpha value is -4.19. The Balaban J connectivity index is 4.39. The zero-order valence-electron chi connectivity index (χ0n) is 54.4. The van der Waals surface area contributed by atoms with Gasteiger partial charge in [0.15, 0.2) is 6.10 Å². The third kappa shape index (κ3) is 68.5. The lowest BCUT2D eigenvalue weighted by Gasteiger charge is -2.18. The summed E-state index contributed by atoms with van der Waals surface area (Å²) >= 11 is 0. The molecule has 0 fully saturated rings. The molecule has 0 N–H and O–H groups in total. The summed E-state index contributed by atoms with van der Waals surface area (Å²) in [6.45, 7) is 6.42. The van der Waals surface area contributed by atoms with Gasteiger partial charge in [-0.15, -0.1) is 0 Å². The molecule has 0 bridgehead atoms. The average molecular weight is 1150 g/mol. The molecule has 0 rings (SSSR count). The molecule has 0 aliphatic rings. The van der Waals surface area contributed by atoms with Crippen molar-refractivity contribution in [2.45, 2.75) is 335 Å². The number of allylic oxidation sites excluding steroid dienone is 20. The fourth-order valence-electron chi connectivity index (χ4n) is 9.79. The molecule has 0 spiro atoms. The number of carbonyl (C=O) groups excluding carboxylic acids is 3. The molecule has 0 saturated heterocycles. The van der Waals surface area contributed by atoms with Crippen molar-refractivity contribution in [3.8, 4) is 0 Å². The Morgan fingerprint density at radius 2 is 0.470 bits per heavy atom. The largest absolute Gasteiger partial charge is 0.462 e. The Labute approximate surface area is 513 Å². The summed E-state index contributed by atoms with van der Waals surface area (Å²) < 4.78 is 17.0. The van der Waals surface area contributed by atoms with E-state index in [0.29, 0.717) is 12.8 Å². The highest BCUT2D eigenvalue weighted by molar-refractivity contribution is 5.71. The molecule has 0 saturated carbocycles. The summed E-state index contributed by atoms with van der Waals surface area (Å²) in [4.78, 5) is 38.5. The van der Waals surface area contributed by atoms with E-state index in [0.717, 1.165) is 128 Å². The minimum Gasteiger partial charge on any atom is -0.462 e. The first kappa shape index (κ1) is 78.8. The van der Waals surface area contributed by atoms with E-state index >= 15 is 0 Å². The van der Waals surface area contributed by atoms with E-state index in [1.54, 1.807) is 0 Å². The van der Waals surface area contributed by atoms with Crippen LogP contribution < -0.4 is 0 Å². The molecule has 0 amide bonds. The molecule has 0 aromatic carbocycles. The maximum atomic E-state index is 12.9. The third-order valence-electron chi connectivity index (χ3n) is 15.0. The van der Waals surface area contributed by atoms with Crippen LogP contribution in [-0.2, 0) is 28.6 Å². The van der Waals surface area contributed by atoms with Crippen molar-refractivity contribution >= 4 is 17.9 Å². The summed E-state index contributed by atoms with van der Waals surface area (Å²) in [5.74, 6) is -0.914. The lowest BCUT2D eigenvalue weighted by Crippen LogP contribution is -2.30. The Bertz CT molecular complexity index is 1700. The van der Waals surface area contributed by atoms with Gasteiger partial charge in [-0.1, -0.05) is 322 Å². The van der Waals surface area contributed by atoms with Crippen LogP contribution >= 0.6 is 0 Å². The van der Waals surface area contributed by atoms with Crippen molar-refractivity contribution in [1.29, 1.82) is 0 Å². The van der Waals surface area contributed by atoms with E-state index in [1.165, 1.54) is 161 Å². The van der Waals surface area contributed by atoms with E-state index in [9.17, 15) is 14.4 Å². The first-order valence-electron chi connectivity index (χ1n) is 35.0. The predicted octanol–water partition coefficient (Wildman–Crippen LogP) is 24.3. The summed E-state index contributed by atoms with van der Waals surface area (Å²) in [7, 11) is 0. The fraction of sp³-hybridized carbons (Fsp3) is 0.701. The Morgan fingerprint density at radius 1 is 0.253 bits per heavy atom. The van der Waals surface area contributed by atoms with Crippen LogP contribution in [-0.4, -0.2) is 37.2 Å². The van der Waals surface area contributed by atoms with E-state index in [-0.39, 0.29) is 37.5 Å². The van der Waals surface area contributed by atoms with E-state index in [2.05, 4.69) is 142 Å². The highest BCUT2D eigenvalue weighted by Crippen LogP contribution is 2.17. The molecular weight excluding hydrogens is 1020 g/mol.